The number of aliphatic hydroxyl groups excluding tert-OH is 1. The van der Waals surface area contributed by atoms with E-state index in [-0.39, 0.29) is 30.5 Å². The van der Waals surface area contributed by atoms with Crippen LogP contribution in [0.3, 0.4) is 0 Å². The molecular weight excluding hydrogens is 258 g/mol. The van der Waals surface area contributed by atoms with Gasteiger partial charge in [-0.3, -0.25) is 15.0 Å². The van der Waals surface area contributed by atoms with Gasteiger partial charge in [0.15, 0.2) is 0 Å². The Hall–Kier alpha value is -1.40. The number of nitrogens with one attached hydrogen (secondary N) is 1. The van der Waals surface area contributed by atoms with Crippen LogP contribution in [0.1, 0.15) is 39.3 Å². The van der Waals surface area contributed by atoms with E-state index >= 15 is 0 Å². The van der Waals surface area contributed by atoms with Crippen molar-refractivity contribution in [1.82, 2.24) is 10.1 Å². The first-order chi connectivity index (χ1) is 9.40. The van der Waals surface area contributed by atoms with Crippen LogP contribution in [-0.4, -0.2) is 46.8 Å². The first kappa shape index (κ1) is 15.0. The average Bonchev–Trinajstić information content (AvgIpc) is 2.97. The topological polar surface area (TPSA) is 78.6 Å². The van der Waals surface area contributed by atoms with Gasteiger partial charge in [0.05, 0.1) is 18.8 Å². The van der Waals surface area contributed by atoms with Crippen molar-refractivity contribution in [2.45, 2.75) is 45.1 Å². The SMILES string of the molecule is CC(C)(C)c1cc(NC(=O)CN2CCCC2CO)on1. The molecule has 0 aromatic carbocycles. The predicted octanol–water partition coefficient (Wildman–Crippen LogP) is 1.37. The van der Waals surface area contributed by atoms with Crippen LogP contribution < -0.4 is 5.32 Å². The molecule has 1 aliphatic heterocycles. The van der Waals surface area contributed by atoms with Gasteiger partial charge in [-0.25, -0.2) is 0 Å². The highest BCUT2D eigenvalue weighted by molar-refractivity contribution is 5.91. The summed E-state index contributed by atoms with van der Waals surface area (Å²) in [4.78, 5) is 14.0. The van der Waals surface area contributed by atoms with Crippen LogP contribution in [0.4, 0.5) is 5.88 Å². The van der Waals surface area contributed by atoms with Crippen molar-refractivity contribution in [2.24, 2.45) is 0 Å². The lowest BCUT2D eigenvalue weighted by Crippen LogP contribution is -2.38. The van der Waals surface area contributed by atoms with E-state index in [1.54, 1.807) is 6.07 Å². The lowest BCUT2D eigenvalue weighted by atomic mass is 9.92. The smallest absolute Gasteiger partial charge is 0.240 e. The summed E-state index contributed by atoms with van der Waals surface area (Å²) >= 11 is 0. The third kappa shape index (κ3) is 3.58. The van der Waals surface area contributed by atoms with Gasteiger partial charge in [0.2, 0.25) is 11.8 Å². The largest absolute Gasteiger partial charge is 0.395 e. The maximum atomic E-state index is 12.0. The molecule has 112 valence electrons. The summed E-state index contributed by atoms with van der Waals surface area (Å²) in [6.45, 7) is 7.33. The molecule has 0 spiro atoms. The van der Waals surface area contributed by atoms with Crippen molar-refractivity contribution in [2.75, 3.05) is 25.0 Å². The van der Waals surface area contributed by atoms with Gasteiger partial charge in [0, 0.05) is 17.5 Å². The number of rotatable bonds is 4. The van der Waals surface area contributed by atoms with Gasteiger partial charge < -0.3 is 9.63 Å². The molecule has 0 bridgehead atoms. The Morgan fingerprint density at radius 1 is 1.60 bits per heavy atom. The van der Waals surface area contributed by atoms with Crippen LogP contribution in [0.5, 0.6) is 0 Å². The second kappa shape index (κ2) is 5.93. The minimum Gasteiger partial charge on any atom is -0.395 e. The van der Waals surface area contributed by atoms with Crippen LogP contribution in [0.2, 0.25) is 0 Å². The Bertz CT molecular complexity index is 464. The molecule has 2 rings (SSSR count). The van der Waals surface area contributed by atoms with Crippen LogP contribution >= 0.6 is 0 Å². The number of aliphatic hydroxyl groups is 1. The maximum absolute atomic E-state index is 12.0. The summed E-state index contributed by atoms with van der Waals surface area (Å²) in [6.07, 6.45) is 1.97. The normalized spacial score (nSPS) is 20.3. The van der Waals surface area contributed by atoms with E-state index in [1.165, 1.54) is 0 Å². The Kier molecular flexibility index (Phi) is 4.45. The number of hydrogen-bond donors (Lipinski definition) is 2. The number of hydrogen-bond acceptors (Lipinski definition) is 5. The quantitative estimate of drug-likeness (QED) is 0.871. The molecule has 0 saturated carbocycles. The first-order valence-corrected chi connectivity index (χ1v) is 7.02. The number of anilines is 1. The van der Waals surface area contributed by atoms with E-state index in [4.69, 9.17) is 4.52 Å². The van der Waals surface area contributed by atoms with Crippen molar-refractivity contribution in [3.8, 4) is 0 Å². The van der Waals surface area contributed by atoms with Crippen LogP contribution in [0.15, 0.2) is 10.6 Å². The molecule has 0 radical (unpaired) electrons. The average molecular weight is 281 g/mol. The lowest BCUT2D eigenvalue weighted by molar-refractivity contribution is -0.117. The van der Waals surface area contributed by atoms with Gasteiger partial charge in [-0.05, 0) is 19.4 Å². The molecular formula is C14H23N3O3. The molecule has 2 heterocycles. The minimum atomic E-state index is -0.137. The van der Waals surface area contributed by atoms with Crippen molar-refractivity contribution >= 4 is 11.8 Å². The van der Waals surface area contributed by atoms with Crippen LogP contribution in [-0.2, 0) is 10.2 Å². The van der Waals surface area contributed by atoms with Gasteiger partial charge in [0.1, 0.15) is 0 Å². The maximum Gasteiger partial charge on any atom is 0.240 e. The first-order valence-electron chi connectivity index (χ1n) is 7.02. The molecule has 6 nitrogen and oxygen atoms in total. The zero-order valence-electron chi connectivity index (χ0n) is 12.3. The minimum absolute atomic E-state index is 0.0978. The molecule has 1 atom stereocenters. The molecule has 6 heteroatoms. The summed E-state index contributed by atoms with van der Waals surface area (Å²) in [6, 6.07) is 1.85. The Balaban J connectivity index is 1.90. The Morgan fingerprint density at radius 3 is 2.95 bits per heavy atom. The van der Waals surface area contributed by atoms with Crippen molar-refractivity contribution in [3.05, 3.63) is 11.8 Å². The molecule has 1 saturated heterocycles. The molecule has 1 aromatic rings. The summed E-state index contributed by atoms with van der Waals surface area (Å²) in [5, 5.41) is 15.9. The molecule has 2 N–H and O–H groups in total. The van der Waals surface area contributed by atoms with E-state index < -0.39 is 0 Å². The van der Waals surface area contributed by atoms with Crippen molar-refractivity contribution in [3.63, 3.8) is 0 Å². The molecule has 1 aliphatic rings. The van der Waals surface area contributed by atoms with Crippen LogP contribution in [0.25, 0.3) is 0 Å². The van der Waals surface area contributed by atoms with E-state index in [2.05, 4.69) is 10.5 Å². The third-order valence-corrected chi connectivity index (χ3v) is 3.60. The number of carbonyl (C=O) groups is 1. The Labute approximate surface area is 119 Å². The van der Waals surface area contributed by atoms with Gasteiger partial charge >= 0.3 is 0 Å². The highest BCUT2D eigenvalue weighted by Crippen LogP contribution is 2.23. The highest BCUT2D eigenvalue weighted by atomic mass is 16.5. The third-order valence-electron chi connectivity index (χ3n) is 3.60. The summed E-state index contributed by atoms with van der Waals surface area (Å²) in [7, 11) is 0. The fraction of sp³-hybridized carbons (Fsp3) is 0.714. The van der Waals surface area contributed by atoms with Crippen molar-refractivity contribution in [1.29, 1.82) is 0 Å². The molecule has 1 aromatic heterocycles. The van der Waals surface area contributed by atoms with Gasteiger partial charge in [-0.15, -0.1) is 0 Å². The summed E-state index contributed by atoms with van der Waals surface area (Å²) < 4.78 is 5.13. The number of aromatic nitrogens is 1. The number of nitrogens with zero attached hydrogens (tertiary/aromatic N) is 2. The molecule has 1 amide bonds. The molecule has 1 fully saturated rings. The van der Waals surface area contributed by atoms with E-state index in [1.807, 2.05) is 25.7 Å². The number of amides is 1. The second-order valence-corrected chi connectivity index (χ2v) is 6.32. The fourth-order valence-corrected chi connectivity index (χ4v) is 2.36. The van der Waals surface area contributed by atoms with E-state index in [0.717, 1.165) is 25.1 Å². The monoisotopic (exact) mass is 281 g/mol. The van der Waals surface area contributed by atoms with Crippen LogP contribution in [0, 0.1) is 0 Å². The van der Waals surface area contributed by atoms with Gasteiger partial charge in [-0.1, -0.05) is 25.9 Å². The summed E-state index contributed by atoms with van der Waals surface area (Å²) in [5.74, 6) is 0.238. The zero-order valence-corrected chi connectivity index (χ0v) is 12.3. The van der Waals surface area contributed by atoms with Gasteiger partial charge in [-0.2, -0.15) is 0 Å². The molecule has 1 unspecified atom stereocenters. The fourth-order valence-electron chi connectivity index (χ4n) is 2.36. The zero-order chi connectivity index (χ0) is 14.8. The van der Waals surface area contributed by atoms with E-state index in [0.29, 0.717) is 5.88 Å². The predicted molar refractivity (Wildman–Crippen MR) is 75.5 cm³/mol. The Morgan fingerprint density at radius 2 is 2.35 bits per heavy atom. The van der Waals surface area contributed by atoms with E-state index in [9.17, 15) is 9.90 Å². The standard InChI is InChI=1S/C14H23N3O3/c1-14(2,3)11-7-13(20-16-11)15-12(19)8-17-6-4-5-10(17)9-18/h7,10,18H,4-6,8-9H2,1-3H3,(H,15,19). The van der Waals surface area contributed by atoms with Gasteiger partial charge in [0.25, 0.3) is 0 Å². The number of likely N-dealkylation sites (tertiary alicyclic amines) is 1. The molecule has 0 aliphatic carbocycles. The summed E-state index contributed by atoms with van der Waals surface area (Å²) in [5.41, 5.74) is 0.700. The number of carbonyl (C=O) groups excluding carboxylic acids is 1. The van der Waals surface area contributed by atoms with Crippen molar-refractivity contribution < 1.29 is 14.4 Å². The molecule has 20 heavy (non-hydrogen) atoms. The second-order valence-electron chi connectivity index (χ2n) is 6.32. The lowest BCUT2D eigenvalue weighted by Gasteiger charge is -2.21. The highest BCUT2D eigenvalue weighted by Gasteiger charge is 2.26.